The quantitative estimate of drug-likeness (QED) is 0.386. The smallest absolute Gasteiger partial charge is 0.277 e. The minimum absolute atomic E-state index is 0.0671. The van der Waals surface area contributed by atoms with Crippen molar-refractivity contribution < 1.29 is 13.2 Å². The maximum Gasteiger partial charge on any atom is 0.277 e. The minimum Gasteiger partial charge on any atom is -0.369 e. The summed E-state index contributed by atoms with van der Waals surface area (Å²) in [5, 5.41) is 9.18. The van der Waals surface area contributed by atoms with Crippen molar-refractivity contribution in [1.82, 2.24) is 25.2 Å². The monoisotopic (exact) mass is 452 g/mol. The number of nitrogens with zero attached hydrogens (tertiary/aromatic N) is 4. The van der Waals surface area contributed by atoms with E-state index in [0.717, 1.165) is 25.7 Å². The Morgan fingerprint density at radius 3 is 2.55 bits per heavy atom. The molecule has 0 radical (unpaired) electrons. The zero-order chi connectivity index (χ0) is 22.2. The molecule has 31 heavy (non-hydrogen) atoms. The van der Waals surface area contributed by atoms with E-state index in [1.54, 1.807) is 0 Å². The van der Waals surface area contributed by atoms with E-state index in [1.165, 1.54) is 10.6 Å². The van der Waals surface area contributed by atoms with Crippen molar-refractivity contribution in [2.45, 2.75) is 63.4 Å². The van der Waals surface area contributed by atoms with Gasteiger partial charge in [-0.25, -0.2) is 22.7 Å². The van der Waals surface area contributed by atoms with E-state index >= 15 is 0 Å². The molecule has 1 aliphatic carbocycles. The van der Waals surface area contributed by atoms with Crippen LogP contribution in [0.5, 0.6) is 0 Å². The van der Waals surface area contributed by atoms with Crippen LogP contribution < -0.4 is 21.7 Å². The van der Waals surface area contributed by atoms with Crippen molar-refractivity contribution >= 4 is 27.5 Å². The van der Waals surface area contributed by atoms with E-state index in [9.17, 15) is 13.2 Å². The first-order valence-corrected chi connectivity index (χ1v) is 12.8. The molecule has 172 valence electrons. The molecule has 4 rings (SSSR count). The van der Waals surface area contributed by atoms with E-state index < -0.39 is 15.9 Å². The second-order valence-electron chi connectivity index (χ2n) is 8.59. The van der Waals surface area contributed by atoms with Gasteiger partial charge in [0.15, 0.2) is 11.5 Å². The van der Waals surface area contributed by atoms with E-state index in [0.29, 0.717) is 44.1 Å². The molecule has 5 N–H and O–H groups in total. The van der Waals surface area contributed by atoms with Crippen LogP contribution in [0.3, 0.4) is 0 Å². The number of amidine groups is 1. The number of fused-ring (bicyclic) bond motifs is 1. The maximum atomic E-state index is 13.0. The van der Waals surface area contributed by atoms with Crippen LogP contribution in [-0.2, 0) is 14.8 Å². The molecule has 11 nitrogen and oxygen atoms in total. The summed E-state index contributed by atoms with van der Waals surface area (Å²) in [5.41, 5.74) is 6.75. The number of rotatable bonds is 6. The van der Waals surface area contributed by atoms with Gasteiger partial charge in [0.2, 0.25) is 15.9 Å². The van der Waals surface area contributed by atoms with Gasteiger partial charge < -0.3 is 15.5 Å². The molecule has 0 bridgehead atoms. The highest BCUT2D eigenvalue weighted by atomic mass is 32.2. The highest BCUT2D eigenvalue weighted by Gasteiger charge is 2.43. The number of carbonyl (C=O) groups excluding carboxylic acids is 1. The standard InChI is InChI=1S/C19H32N8O3S/c1-3-21-15-12-27(14-6-4-5-7-14)17-16(22-15)18(28)25-19(20,24-17)23-13-8-10-26(11-9-13)31(2,29)30/h12-14,21,23H,3-11,20H2,1-2H3,(H,25,28). The summed E-state index contributed by atoms with van der Waals surface area (Å²) in [5.74, 6) is -0.714. The fourth-order valence-electron chi connectivity index (χ4n) is 4.64. The minimum atomic E-state index is -3.21. The predicted molar refractivity (Wildman–Crippen MR) is 118 cm³/mol. The Morgan fingerprint density at radius 1 is 1.26 bits per heavy atom. The van der Waals surface area contributed by atoms with E-state index in [2.05, 4.69) is 20.9 Å². The second-order valence-corrected chi connectivity index (χ2v) is 10.6. The molecular formula is C19H32N8O3S. The molecule has 0 aromatic heterocycles. The lowest BCUT2D eigenvalue weighted by Crippen LogP contribution is -2.72. The number of aliphatic imine (C=N–C) groups is 2. The van der Waals surface area contributed by atoms with Crippen LogP contribution in [0, 0.1) is 0 Å². The number of sulfonamides is 1. The van der Waals surface area contributed by atoms with Gasteiger partial charge in [-0.3, -0.25) is 15.8 Å². The fourth-order valence-corrected chi connectivity index (χ4v) is 5.52. The van der Waals surface area contributed by atoms with Gasteiger partial charge in [0, 0.05) is 37.9 Å². The number of piperidine rings is 1. The predicted octanol–water partition coefficient (Wildman–Crippen LogP) is -0.794. The molecule has 1 unspecified atom stereocenters. The van der Waals surface area contributed by atoms with Crippen LogP contribution in [0.2, 0.25) is 0 Å². The molecule has 1 atom stereocenters. The first-order valence-electron chi connectivity index (χ1n) is 11.0. The number of nitrogens with two attached hydrogens (primary N) is 1. The average molecular weight is 453 g/mol. The van der Waals surface area contributed by atoms with Gasteiger partial charge in [-0.1, -0.05) is 12.8 Å². The number of nitrogens with one attached hydrogen (secondary N) is 3. The van der Waals surface area contributed by atoms with Crippen molar-refractivity contribution in [3.63, 3.8) is 0 Å². The number of amides is 1. The van der Waals surface area contributed by atoms with Crippen LogP contribution in [0.4, 0.5) is 0 Å². The topological polar surface area (TPSA) is 145 Å². The van der Waals surface area contributed by atoms with Crippen LogP contribution >= 0.6 is 0 Å². The van der Waals surface area contributed by atoms with Crippen LogP contribution in [0.15, 0.2) is 22.0 Å². The lowest BCUT2D eigenvalue weighted by molar-refractivity contribution is -0.117. The molecule has 1 amide bonds. The summed E-state index contributed by atoms with van der Waals surface area (Å²) < 4.78 is 25.0. The SMILES string of the molecule is CCNC1=CN(C2CCCC2)C2=NC(N)(NC3CCN(S(C)(=O)=O)CC3)NC(=O)C2=N1. The van der Waals surface area contributed by atoms with Crippen LogP contribution in [0.1, 0.15) is 45.4 Å². The van der Waals surface area contributed by atoms with Crippen molar-refractivity contribution in [3.05, 3.63) is 12.0 Å². The van der Waals surface area contributed by atoms with Crippen LogP contribution in [0.25, 0.3) is 0 Å². The Hall–Kier alpha value is -2.02. The van der Waals surface area contributed by atoms with Crippen molar-refractivity contribution in [1.29, 1.82) is 0 Å². The summed E-state index contributed by atoms with van der Waals surface area (Å²) in [6.07, 6.45) is 8.65. The Kier molecular flexibility index (Phi) is 6.08. The highest BCUT2D eigenvalue weighted by Crippen LogP contribution is 2.28. The first-order chi connectivity index (χ1) is 14.7. The maximum absolute atomic E-state index is 13.0. The third-order valence-electron chi connectivity index (χ3n) is 6.17. The first kappa shape index (κ1) is 22.2. The Morgan fingerprint density at radius 2 is 1.94 bits per heavy atom. The Labute approximate surface area is 183 Å². The van der Waals surface area contributed by atoms with Gasteiger partial charge >= 0.3 is 0 Å². The molecule has 4 aliphatic rings. The molecule has 0 spiro atoms. The summed E-state index contributed by atoms with van der Waals surface area (Å²) >= 11 is 0. The molecule has 0 aromatic carbocycles. The Balaban J connectivity index is 1.56. The molecule has 3 aliphatic heterocycles. The van der Waals surface area contributed by atoms with Gasteiger partial charge in [0.25, 0.3) is 5.91 Å². The lowest BCUT2D eigenvalue weighted by atomic mass is 10.1. The zero-order valence-corrected chi connectivity index (χ0v) is 18.9. The molecule has 1 saturated carbocycles. The molecule has 3 heterocycles. The summed E-state index contributed by atoms with van der Waals surface area (Å²) in [6.45, 7) is 3.50. The molecular weight excluding hydrogens is 420 g/mol. The molecule has 12 heteroatoms. The van der Waals surface area contributed by atoms with Gasteiger partial charge in [0.05, 0.1) is 6.26 Å². The van der Waals surface area contributed by atoms with Crippen molar-refractivity contribution in [3.8, 4) is 0 Å². The van der Waals surface area contributed by atoms with Crippen molar-refractivity contribution in [2.24, 2.45) is 15.7 Å². The van der Waals surface area contributed by atoms with E-state index in [1.807, 2.05) is 18.0 Å². The third-order valence-corrected chi connectivity index (χ3v) is 7.48. The van der Waals surface area contributed by atoms with Gasteiger partial charge in [-0.05, 0) is 32.6 Å². The largest absolute Gasteiger partial charge is 0.369 e. The number of carbonyl (C=O) groups is 1. The van der Waals surface area contributed by atoms with Gasteiger partial charge in [-0.2, -0.15) is 0 Å². The van der Waals surface area contributed by atoms with Crippen LogP contribution in [-0.4, -0.2) is 79.0 Å². The van der Waals surface area contributed by atoms with E-state index in [-0.39, 0.29) is 23.7 Å². The third kappa shape index (κ3) is 4.76. The van der Waals surface area contributed by atoms with E-state index in [4.69, 9.17) is 10.7 Å². The summed E-state index contributed by atoms with van der Waals surface area (Å²) in [6, 6.07) is 0.188. The Bertz CT molecular complexity index is 916. The molecule has 1 saturated heterocycles. The zero-order valence-electron chi connectivity index (χ0n) is 18.1. The molecule has 0 aromatic rings. The average Bonchev–Trinajstić information content (AvgIpc) is 3.22. The second kappa shape index (κ2) is 8.49. The van der Waals surface area contributed by atoms with Gasteiger partial charge in [0.1, 0.15) is 5.82 Å². The lowest BCUT2D eigenvalue weighted by Gasteiger charge is -2.41. The normalized spacial score (nSPS) is 28.5. The molecule has 2 fully saturated rings. The van der Waals surface area contributed by atoms with Crippen molar-refractivity contribution in [2.75, 3.05) is 25.9 Å². The number of hydrogen-bond donors (Lipinski definition) is 4. The highest BCUT2D eigenvalue weighted by molar-refractivity contribution is 7.88. The fraction of sp³-hybridized carbons (Fsp3) is 0.737. The number of hydrogen-bond acceptors (Lipinski definition) is 9. The summed E-state index contributed by atoms with van der Waals surface area (Å²) in [7, 11) is -3.21. The summed E-state index contributed by atoms with van der Waals surface area (Å²) in [4.78, 5) is 24.2. The van der Waals surface area contributed by atoms with Gasteiger partial charge in [-0.15, -0.1) is 0 Å².